The second-order valence-electron chi connectivity index (χ2n) is 18.5. The molecule has 0 fully saturated rings. The largest absolute Gasteiger partial charge is 0.310 e. The third-order valence-corrected chi connectivity index (χ3v) is 19.6. The SMILES string of the molecule is c1ccc(-n2c3ccccc3c3cc(-c4ccc(N(c5ccc([Si](c6ccccc6)(c6ccccc6)c6ccccc6)cc5)c5ccc6c(c5)c5cccc7c8ccccc8n6c75)cc4)ccc32)cc1. The summed E-state index contributed by atoms with van der Waals surface area (Å²) in [6.45, 7) is 0. The van der Waals surface area contributed by atoms with Crippen LogP contribution in [0.2, 0.25) is 0 Å². The van der Waals surface area contributed by atoms with Crippen molar-refractivity contribution < 1.29 is 0 Å². The van der Waals surface area contributed by atoms with Gasteiger partial charge in [-0.2, -0.15) is 0 Å². The van der Waals surface area contributed by atoms with Crippen molar-refractivity contribution in [3.63, 3.8) is 0 Å². The van der Waals surface area contributed by atoms with E-state index in [2.05, 4.69) is 287 Å². The highest BCUT2D eigenvalue weighted by molar-refractivity contribution is 7.19. The molecule has 14 rings (SSSR count). The number of para-hydroxylation sites is 4. The predicted molar refractivity (Wildman–Crippen MR) is 299 cm³/mol. The van der Waals surface area contributed by atoms with Gasteiger partial charge >= 0.3 is 0 Å². The van der Waals surface area contributed by atoms with E-state index in [-0.39, 0.29) is 0 Å². The molecule has 0 radical (unpaired) electrons. The smallest absolute Gasteiger partial charge is 0.179 e. The summed E-state index contributed by atoms with van der Waals surface area (Å²) in [5.74, 6) is 0. The average molecular weight is 908 g/mol. The first-order valence-electron chi connectivity index (χ1n) is 24.2. The number of fused-ring (bicyclic) bond motifs is 9. The first-order chi connectivity index (χ1) is 34.7. The molecule has 0 amide bonds. The van der Waals surface area contributed by atoms with Crippen molar-refractivity contribution in [3.05, 3.63) is 273 Å². The molecule has 0 N–H and O–H groups in total. The topological polar surface area (TPSA) is 12.6 Å². The Kier molecular flexibility index (Phi) is 9.23. The molecule has 14 aromatic rings. The average Bonchev–Trinajstić information content (AvgIpc) is 4.08. The molecule has 0 unspecified atom stereocenters. The second-order valence-corrected chi connectivity index (χ2v) is 22.3. The lowest BCUT2D eigenvalue weighted by atomic mass is 10.0. The third kappa shape index (κ3) is 6.07. The lowest BCUT2D eigenvalue weighted by Crippen LogP contribution is -2.74. The Morgan fingerprint density at radius 1 is 0.271 bits per heavy atom. The lowest BCUT2D eigenvalue weighted by molar-refractivity contribution is 1.18. The normalized spacial score (nSPS) is 12.0. The van der Waals surface area contributed by atoms with Crippen molar-refractivity contribution in [1.29, 1.82) is 0 Å². The highest BCUT2D eigenvalue weighted by Gasteiger charge is 2.41. The number of hydrogen-bond acceptors (Lipinski definition) is 1. The summed E-state index contributed by atoms with van der Waals surface area (Å²) in [6.07, 6.45) is 0. The van der Waals surface area contributed by atoms with E-state index in [1.807, 2.05) is 0 Å². The first kappa shape index (κ1) is 40.1. The number of anilines is 3. The van der Waals surface area contributed by atoms with E-state index in [0.29, 0.717) is 0 Å². The van der Waals surface area contributed by atoms with Crippen LogP contribution in [0.5, 0.6) is 0 Å². The number of benzene rings is 11. The van der Waals surface area contributed by atoms with Gasteiger partial charge in [-0.25, -0.2) is 0 Å². The summed E-state index contributed by atoms with van der Waals surface area (Å²) in [5.41, 5.74) is 13.0. The highest BCUT2D eigenvalue weighted by atomic mass is 28.3. The van der Waals surface area contributed by atoms with Crippen LogP contribution in [-0.4, -0.2) is 17.0 Å². The molecule has 0 spiro atoms. The summed E-state index contributed by atoms with van der Waals surface area (Å²) in [4.78, 5) is 2.44. The lowest BCUT2D eigenvalue weighted by Gasteiger charge is -2.35. The number of aromatic nitrogens is 2. The van der Waals surface area contributed by atoms with Gasteiger partial charge in [0.2, 0.25) is 0 Å². The van der Waals surface area contributed by atoms with Crippen LogP contribution in [0.3, 0.4) is 0 Å². The molecule has 0 aliphatic carbocycles. The standard InChI is InChI=1S/C66H45N3Si/c1-5-18-48(19-6-1)68-62-30-15-14-27-57(62)60-44-47(34-42-64(60)68)46-32-35-49(36-33-46)67(51-39-43-65-61(45-51)59-29-17-28-58-56-26-13-16-31-63(56)69(65)66(58)59)50-37-40-55(41-38-50)70(52-20-7-2-8-21-52,53-22-9-3-10-23-53)54-24-11-4-12-25-54/h1-45H. The molecular formula is C66H45N3Si. The van der Waals surface area contributed by atoms with Gasteiger partial charge in [-0.15, -0.1) is 0 Å². The minimum atomic E-state index is -2.73. The van der Waals surface area contributed by atoms with Crippen LogP contribution in [0.25, 0.3) is 76.7 Å². The van der Waals surface area contributed by atoms with Gasteiger partial charge in [0.05, 0.1) is 27.6 Å². The van der Waals surface area contributed by atoms with Crippen LogP contribution in [0.15, 0.2) is 273 Å². The van der Waals surface area contributed by atoms with Gasteiger partial charge in [-0.1, -0.05) is 194 Å². The maximum Gasteiger partial charge on any atom is 0.179 e. The van der Waals surface area contributed by atoms with Gasteiger partial charge in [0.15, 0.2) is 8.07 Å². The van der Waals surface area contributed by atoms with Crippen LogP contribution >= 0.6 is 0 Å². The fourth-order valence-electron chi connectivity index (χ4n) is 11.7. The van der Waals surface area contributed by atoms with Crippen molar-refractivity contribution in [1.82, 2.24) is 8.97 Å². The van der Waals surface area contributed by atoms with Gasteiger partial charge < -0.3 is 13.9 Å². The Labute approximate surface area is 407 Å². The third-order valence-electron chi connectivity index (χ3n) is 14.8. The van der Waals surface area contributed by atoms with Gasteiger partial charge in [0.1, 0.15) is 0 Å². The van der Waals surface area contributed by atoms with Gasteiger partial charge in [0, 0.05) is 55.1 Å². The molecule has 0 aliphatic rings. The van der Waals surface area contributed by atoms with Crippen LogP contribution in [0.1, 0.15) is 0 Å². The minimum absolute atomic E-state index is 1.09. The molecule has 0 saturated carbocycles. The number of rotatable bonds is 9. The molecule has 4 heteroatoms. The highest BCUT2D eigenvalue weighted by Crippen LogP contribution is 2.43. The zero-order chi connectivity index (χ0) is 46.2. The van der Waals surface area contributed by atoms with E-state index in [0.717, 1.165) is 22.7 Å². The van der Waals surface area contributed by atoms with Crippen molar-refractivity contribution in [2.45, 2.75) is 0 Å². The molecule has 328 valence electrons. The Morgan fingerprint density at radius 3 is 1.31 bits per heavy atom. The van der Waals surface area contributed by atoms with Gasteiger partial charge in [-0.3, -0.25) is 0 Å². The Bertz CT molecular complexity index is 4100. The van der Waals surface area contributed by atoms with Crippen LogP contribution in [-0.2, 0) is 0 Å². The number of hydrogen-bond donors (Lipinski definition) is 0. The molecule has 0 saturated heterocycles. The Morgan fingerprint density at radius 2 is 0.686 bits per heavy atom. The van der Waals surface area contributed by atoms with E-state index in [4.69, 9.17) is 0 Å². The number of nitrogens with zero attached hydrogens (tertiary/aromatic N) is 3. The van der Waals surface area contributed by atoms with E-state index >= 15 is 0 Å². The fraction of sp³-hybridized carbons (Fsp3) is 0. The van der Waals surface area contributed by atoms with Crippen LogP contribution in [0.4, 0.5) is 17.1 Å². The Hall–Kier alpha value is -8.96. The maximum absolute atomic E-state index is 2.73. The van der Waals surface area contributed by atoms with E-state index in [1.54, 1.807) is 0 Å². The molecule has 11 aromatic carbocycles. The molecular weight excluding hydrogens is 863 g/mol. The van der Waals surface area contributed by atoms with E-state index in [1.165, 1.54) is 91.8 Å². The predicted octanol–water partition coefficient (Wildman–Crippen LogP) is 14.4. The summed E-state index contributed by atoms with van der Waals surface area (Å²) < 4.78 is 4.84. The van der Waals surface area contributed by atoms with Crippen molar-refractivity contribution in [2.24, 2.45) is 0 Å². The quantitative estimate of drug-likeness (QED) is 0.104. The molecule has 3 aromatic heterocycles. The molecule has 3 heterocycles. The second kappa shape index (κ2) is 16.1. The molecule has 0 atom stereocenters. The monoisotopic (exact) mass is 907 g/mol. The zero-order valence-corrected chi connectivity index (χ0v) is 39.3. The van der Waals surface area contributed by atoms with Crippen LogP contribution < -0.4 is 25.6 Å². The Balaban J connectivity index is 0.936. The summed E-state index contributed by atoms with van der Waals surface area (Å²) in [5, 5.41) is 13.0. The fourth-order valence-corrected chi connectivity index (χ4v) is 16.5. The van der Waals surface area contributed by atoms with Crippen molar-refractivity contribution >= 4 is 106 Å². The summed E-state index contributed by atoms with van der Waals surface area (Å²) >= 11 is 0. The molecule has 70 heavy (non-hydrogen) atoms. The molecule has 0 bridgehead atoms. The van der Waals surface area contributed by atoms with Crippen molar-refractivity contribution in [2.75, 3.05) is 4.90 Å². The minimum Gasteiger partial charge on any atom is -0.310 e. The zero-order valence-electron chi connectivity index (χ0n) is 38.3. The van der Waals surface area contributed by atoms with Crippen molar-refractivity contribution in [3.8, 4) is 16.8 Å². The van der Waals surface area contributed by atoms with E-state index in [9.17, 15) is 0 Å². The first-order valence-corrected chi connectivity index (χ1v) is 26.2. The maximum atomic E-state index is 2.46. The van der Waals surface area contributed by atoms with Gasteiger partial charge in [0.25, 0.3) is 0 Å². The molecule has 3 nitrogen and oxygen atoms in total. The molecule has 0 aliphatic heterocycles. The summed E-state index contributed by atoms with van der Waals surface area (Å²) in [6, 6.07) is 101. The van der Waals surface area contributed by atoms with Gasteiger partial charge in [-0.05, 0) is 111 Å². The van der Waals surface area contributed by atoms with Crippen LogP contribution in [0, 0.1) is 0 Å². The summed E-state index contributed by atoms with van der Waals surface area (Å²) in [7, 11) is -2.73. The van der Waals surface area contributed by atoms with E-state index < -0.39 is 8.07 Å².